The summed E-state index contributed by atoms with van der Waals surface area (Å²) in [5.74, 6) is -0.912. The van der Waals surface area contributed by atoms with E-state index in [1.165, 1.54) is 0 Å². The number of carboxylic acid groups (broad SMARTS) is 1. The first kappa shape index (κ1) is 8.53. The standard InChI is InChI=1S/C9H13NO3/c11-7-5-9(8(12)13)4-2-1-3-6(9)10-7/h6H,1-5H2,(H,10,11)(H,12,13)/t6-,9+/m1/s1. The third-order valence-electron chi connectivity index (χ3n) is 3.27. The average Bonchev–Trinajstić information content (AvgIpc) is 2.41. The van der Waals surface area contributed by atoms with Crippen LogP contribution in [0.1, 0.15) is 32.1 Å². The van der Waals surface area contributed by atoms with Gasteiger partial charge in [0.15, 0.2) is 0 Å². The predicted molar refractivity (Wildman–Crippen MR) is 45.1 cm³/mol. The monoisotopic (exact) mass is 183 g/mol. The molecule has 0 aromatic carbocycles. The molecule has 2 N–H and O–H groups in total. The summed E-state index contributed by atoms with van der Waals surface area (Å²) in [7, 11) is 0. The molecule has 0 aromatic rings. The summed E-state index contributed by atoms with van der Waals surface area (Å²) in [5.41, 5.74) is -0.782. The van der Waals surface area contributed by atoms with Gasteiger partial charge in [-0.25, -0.2) is 0 Å². The number of hydrogen-bond acceptors (Lipinski definition) is 2. The van der Waals surface area contributed by atoms with Crippen LogP contribution in [0.5, 0.6) is 0 Å². The zero-order chi connectivity index (χ0) is 9.47. The van der Waals surface area contributed by atoms with E-state index < -0.39 is 11.4 Å². The molecule has 2 rings (SSSR count). The van der Waals surface area contributed by atoms with E-state index >= 15 is 0 Å². The predicted octanol–water partition coefficient (Wildman–Crippen LogP) is 0.520. The van der Waals surface area contributed by atoms with E-state index in [2.05, 4.69) is 5.32 Å². The number of rotatable bonds is 1. The van der Waals surface area contributed by atoms with Crippen LogP contribution in [-0.2, 0) is 9.59 Å². The fraction of sp³-hybridized carbons (Fsp3) is 0.778. The van der Waals surface area contributed by atoms with Crippen molar-refractivity contribution in [1.29, 1.82) is 0 Å². The van der Waals surface area contributed by atoms with Gasteiger partial charge in [0.25, 0.3) is 0 Å². The number of nitrogens with one attached hydrogen (secondary N) is 1. The Morgan fingerprint density at radius 1 is 1.54 bits per heavy atom. The van der Waals surface area contributed by atoms with E-state index in [-0.39, 0.29) is 18.4 Å². The lowest BCUT2D eigenvalue weighted by atomic mass is 9.71. The molecular formula is C9H13NO3. The maximum Gasteiger partial charge on any atom is 0.312 e. The first-order valence-corrected chi connectivity index (χ1v) is 4.68. The molecule has 0 bridgehead atoms. The molecule has 4 nitrogen and oxygen atoms in total. The van der Waals surface area contributed by atoms with Crippen molar-refractivity contribution in [1.82, 2.24) is 5.32 Å². The van der Waals surface area contributed by atoms with Crippen LogP contribution in [0.4, 0.5) is 0 Å². The van der Waals surface area contributed by atoms with Gasteiger partial charge in [0.1, 0.15) is 0 Å². The fourth-order valence-corrected chi connectivity index (χ4v) is 2.52. The highest BCUT2D eigenvalue weighted by Gasteiger charge is 2.53. The Morgan fingerprint density at radius 3 is 2.92 bits per heavy atom. The van der Waals surface area contributed by atoms with Gasteiger partial charge in [0, 0.05) is 12.5 Å². The molecule has 13 heavy (non-hydrogen) atoms. The van der Waals surface area contributed by atoms with Crippen molar-refractivity contribution in [2.24, 2.45) is 5.41 Å². The zero-order valence-electron chi connectivity index (χ0n) is 7.38. The smallest absolute Gasteiger partial charge is 0.312 e. The van der Waals surface area contributed by atoms with Crippen LogP contribution in [0.3, 0.4) is 0 Å². The van der Waals surface area contributed by atoms with Gasteiger partial charge in [-0.2, -0.15) is 0 Å². The fourth-order valence-electron chi connectivity index (χ4n) is 2.52. The maximum absolute atomic E-state index is 11.1. The number of fused-ring (bicyclic) bond motifs is 1. The minimum absolute atomic E-state index is 0.102. The molecule has 1 saturated carbocycles. The van der Waals surface area contributed by atoms with Crippen molar-refractivity contribution in [3.8, 4) is 0 Å². The molecule has 0 spiro atoms. The SMILES string of the molecule is O=C1C[C@@]2(C(=O)O)CCCC[C@H]2N1. The van der Waals surface area contributed by atoms with Gasteiger partial charge in [-0.1, -0.05) is 12.8 Å². The van der Waals surface area contributed by atoms with Crippen LogP contribution in [0.25, 0.3) is 0 Å². The Bertz CT molecular complexity index is 264. The number of aliphatic carboxylic acids is 1. The van der Waals surface area contributed by atoms with Crippen LogP contribution >= 0.6 is 0 Å². The quantitative estimate of drug-likeness (QED) is 0.622. The highest BCUT2D eigenvalue weighted by molar-refractivity contribution is 5.90. The molecule has 0 aromatic heterocycles. The topological polar surface area (TPSA) is 66.4 Å². The summed E-state index contributed by atoms with van der Waals surface area (Å²) < 4.78 is 0. The Hall–Kier alpha value is -1.06. The molecule has 1 aliphatic carbocycles. The average molecular weight is 183 g/mol. The molecule has 1 heterocycles. The van der Waals surface area contributed by atoms with Crippen molar-refractivity contribution < 1.29 is 14.7 Å². The number of carboxylic acids is 1. The molecule has 2 fully saturated rings. The largest absolute Gasteiger partial charge is 0.481 e. The molecule has 0 radical (unpaired) electrons. The van der Waals surface area contributed by atoms with Gasteiger partial charge in [0.2, 0.25) is 5.91 Å². The normalized spacial score (nSPS) is 38.2. The van der Waals surface area contributed by atoms with E-state index in [0.717, 1.165) is 19.3 Å². The van der Waals surface area contributed by atoms with Crippen LogP contribution in [0.2, 0.25) is 0 Å². The Kier molecular flexibility index (Phi) is 1.78. The summed E-state index contributed by atoms with van der Waals surface area (Å²) in [4.78, 5) is 22.3. The van der Waals surface area contributed by atoms with Gasteiger partial charge < -0.3 is 10.4 Å². The summed E-state index contributed by atoms with van der Waals surface area (Å²) in [6.45, 7) is 0. The minimum Gasteiger partial charge on any atom is -0.481 e. The highest BCUT2D eigenvalue weighted by Crippen LogP contribution is 2.43. The maximum atomic E-state index is 11.1. The van der Waals surface area contributed by atoms with Crippen molar-refractivity contribution in [3.63, 3.8) is 0 Å². The molecule has 1 amide bonds. The molecular weight excluding hydrogens is 170 g/mol. The minimum atomic E-state index is -0.810. The van der Waals surface area contributed by atoms with E-state index in [0.29, 0.717) is 6.42 Å². The first-order chi connectivity index (χ1) is 6.15. The molecule has 72 valence electrons. The molecule has 2 atom stereocenters. The number of carbonyl (C=O) groups excluding carboxylic acids is 1. The lowest BCUT2D eigenvalue weighted by molar-refractivity contribution is -0.151. The Labute approximate surface area is 76.3 Å². The summed E-state index contributed by atoms with van der Waals surface area (Å²) >= 11 is 0. The van der Waals surface area contributed by atoms with Crippen molar-refractivity contribution in [2.75, 3.05) is 0 Å². The highest BCUT2D eigenvalue weighted by atomic mass is 16.4. The van der Waals surface area contributed by atoms with Gasteiger partial charge in [-0.05, 0) is 12.8 Å². The molecule has 1 saturated heterocycles. The third-order valence-corrected chi connectivity index (χ3v) is 3.27. The van der Waals surface area contributed by atoms with E-state index in [4.69, 9.17) is 5.11 Å². The van der Waals surface area contributed by atoms with Crippen LogP contribution in [-0.4, -0.2) is 23.0 Å². The van der Waals surface area contributed by atoms with Crippen LogP contribution < -0.4 is 5.32 Å². The summed E-state index contributed by atoms with van der Waals surface area (Å²) in [6, 6.07) is -0.119. The van der Waals surface area contributed by atoms with Crippen LogP contribution in [0.15, 0.2) is 0 Å². The number of amides is 1. The molecule has 0 unspecified atom stereocenters. The van der Waals surface area contributed by atoms with E-state index in [1.54, 1.807) is 0 Å². The number of carbonyl (C=O) groups is 2. The van der Waals surface area contributed by atoms with E-state index in [9.17, 15) is 9.59 Å². The van der Waals surface area contributed by atoms with Gasteiger partial charge >= 0.3 is 5.97 Å². The van der Waals surface area contributed by atoms with Gasteiger partial charge in [-0.3, -0.25) is 9.59 Å². The lowest BCUT2D eigenvalue weighted by Crippen LogP contribution is -2.45. The molecule has 1 aliphatic heterocycles. The first-order valence-electron chi connectivity index (χ1n) is 4.68. The Morgan fingerprint density at radius 2 is 2.31 bits per heavy atom. The summed E-state index contributed by atoms with van der Waals surface area (Å²) in [5, 5.41) is 11.9. The van der Waals surface area contributed by atoms with Crippen LogP contribution in [0, 0.1) is 5.41 Å². The van der Waals surface area contributed by atoms with Gasteiger partial charge in [0.05, 0.1) is 5.41 Å². The second kappa shape index (κ2) is 2.72. The van der Waals surface area contributed by atoms with Crippen molar-refractivity contribution >= 4 is 11.9 Å². The molecule has 4 heteroatoms. The van der Waals surface area contributed by atoms with Crippen molar-refractivity contribution in [2.45, 2.75) is 38.1 Å². The third kappa shape index (κ3) is 1.12. The lowest BCUT2D eigenvalue weighted by Gasteiger charge is -2.33. The summed E-state index contributed by atoms with van der Waals surface area (Å²) in [6.07, 6.45) is 3.59. The van der Waals surface area contributed by atoms with Gasteiger partial charge in [-0.15, -0.1) is 0 Å². The second-order valence-corrected chi connectivity index (χ2v) is 4.00. The Balaban J connectivity index is 2.29. The van der Waals surface area contributed by atoms with Crippen molar-refractivity contribution in [3.05, 3.63) is 0 Å². The zero-order valence-corrected chi connectivity index (χ0v) is 7.38. The second-order valence-electron chi connectivity index (χ2n) is 4.00. The number of hydrogen-bond donors (Lipinski definition) is 2. The molecule has 2 aliphatic rings. The van der Waals surface area contributed by atoms with E-state index in [1.807, 2.05) is 0 Å².